The molecule has 0 saturated heterocycles. The molecule has 0 heterocycles. The third kappa shape index (κ3) is 4.57. The topological polar surface area (TPSA) is 9.23 Å². The van der Waals surface area contributed by atoms with Crippen molar-refractivity contribution in [1.29, 1.82) is 0 Å². The lowest BCUT2D eigenvalue weighted by Crippen LogP contribution is -2.44. The molecule has 15 heavy (non-hydrogen) atoms. The first-order chi connectivity index (χ1) is 6.87. The van der Waals surface area contributed by atoms with E-state index in [4.69, 9.17) is 4.43 Å². The van der Waals surface area contributed by atoms with E-state index < -0.39 is 8.32 Å². The molecular formula is C12H23IOSi. The van der Waals surface area contributed by atoms with Gasteiger partial charge in [-0.3, -0.25) is 0 Å². The summed E-state index contributed by atoms with van der Waals surface area (Å²) in [5.41, 5.74) is 0.0589. The lowest BCUT2D eigenvalue weighted by atomic mass is 9.79. The van der Waals surface area contributed by atoms with Crippen LogP contribution in [0.25, 0.3) is 0 Å². The van der Waals surface area contributed by atoms with E-state index in [1.807, 2.05) is 0 Å². The van der Waals surface area contributed by atoms with Gasteiger partial charge in [0.2, 0.25) is 0 Å². The molecule has 0 aliphatic heterocycles. The number of halogens is 1. The maximum Gasteiger partial charge on any atom is 0.184 e. The highest BCUT2D eigenvalue weighted by Crippen LogP contribution is 2.38. The maximum atomic E-state index is 6.42. The third-order valence-corrected chi connectivity index (χ3v) is 4.25. The Labute approximate surface area is 109 Å². The van der Waals surface area contributed by atoms with Gasteiger partial charge in [-0.25, -0.2) is 0 Å². The van der Waals surface area contributed by atoms with E-state index in [2.05, 4.69) is 59.3 Å². The highest BCUT2D eigenvalue weighted by atomic mass is 127. The molecule has 1 nitrogen and oxygen atoms in total. The van der Waals surface area contributed by atoms with Gasteiger partial charge in [-0.15, -0.1) is 0 Å². The summed E-state index contributed by atoms with van der Waals surface area (Å²) < 4.78 is 8.56. The van der Waals surface area contributed by atoms with Crippen LogP contribution in [0, 0.1) is 5.92 Å². The molecule has 3 heteroatoms. The first-order valence-corrected chi connectivity index (χ1v) is 10.5. The Kier molecular flexibility index (Phi) is 4.86. The van der Waals surface area contributed by atoms with Gasteiger partial charge in [-0.2, -0.15) is 0 Å². The molecule has 2 unspecified atom stereocenters. The van der Waals surface area contributed by atoms with E-state index in [0.29, 0.717) is 0 Å². The lowest BCUT2D eigenvalue weighted by molar-refractivity contribution is 0.0496. The second-order valence-corrected chi connectivity index (χ2v) is 10.9. The van der Waals surface area contributed by atoms with E-state index in [1.165, 1.54) is 25.7 Å². The van der Waals surface area contributed by atoms with Crippen molar-refractivity contribution in [3.63, 3.8) is 0 Å². The van der Waals surface area contributed by atoms with Crippen LogP contribution in [0.1, 0.15) is 32.6 Å². The molecule has 1 fully saturated rings. The standard InChI is InChI=1S/C12H23IOSi/c1-11-6-5-7-12(10-11,8-9-13)14-15(2,3)4/h8-9,11H,5-7,10H2,1-4H3/b9-8+. The van der Waals surface area contributed by atoms with E-state index >= 15 is 0 Å². The predicted molar refractivity (Wildman–Crippen MR) is 78.0 cm³/mol. The highest BCUT2D eigenvalue weighted by molar-refractivity contribution is 14.1. The fourth-order valence-electron chi connectivity index (χ4n) is 2.55. The van der Waals surface area contributed by atoms with E-state index in [0.717, 1.165) is 5.92 Å². The Bertz CT molecular complexity index is 234. The van der Waals surface area contributed by atoms with Crippen LogP contribution in [-0.4, -0.2) is 13.9 Å². The summed E-state index contributed by atoms with van der Waals surface area (Å²) in [4.78, 5) is 0. The summed E-state index contributed by atoms with van der Waals surface area (Å²) in [6.45, 7) is 9.21. The molecule has 1 saturated carbocycles. The first-order valence-electron chi connectivity index (χ1n) is 5.85. The molecule has 2 atom stereocenters. The van der Waals surface area contributed by atoms with Crippen LogP contribution < -0.4 is 0 Å². The quantitative estimate of drug-likeness (QED) is 0.534. The fraction of sp³-hybridized carbons (Fsp3) is 0.833. The van der Waals surface area contributed by atoms with Crippen LogP contribution in [0.3, 0.4) is 0 Å². The molecule has 0 N–H and O–H groups in total. The van der Waals surface area contributed by atoms with Gasteiger partial charge < -0.3 is 4.43 Å². The monoisotopic (exact) mass is 338 g/mol. The minimum atomic E-state index is -1.44. The van der Waals surface area contributed by atoms with Crippen molar-refractivity contribution in [3.8, 4) is 0 Å². The number of rotatable bonds is 3. The van der Waals surface area contributed by atoms with Crippen LogP contribution in [0.15, 0.2) is 10.2 Å². The second kappa shape index (κ2) is 5.32. The van der Waals surface area contributed by atoms with Crippen molar-refractivity contribution in [1.82, 2.24) is 0 Å². The smallest absolute Gasteiger partial charge is 0.184 e. The molecule has 0 bridgehead atoms. The molecule has 0 aromatic carbocycles. The average molecular weight is 338 g/mol. The van der Waals surface area contributed by atoms with Gasteiger partial charge in [-0.05, 0) is 48.6 Å². The van der Waals surface area contributed by atoms with Crippen LogP contribution in [-0.2, 0) is 4.43 Å². The summed E-state index contributed by atoms with van der Waals surface area (Å²) in [5.74, 6) is 0.808. The molecule has 0 aromatic rings. The molecular weight excluding hydrogens is 315 g/mol. The van der Waals surface area contributed by atoms with Gasteiger partial charge in [-0.1, -0.05) is 42.4 Å². The Morgan fingerprint density at radius 2 is 2.07 bits per heavy atom. The Morgan fingerprint density at radius 3 is 2.53 bits per heavy atom. The minimum Gasteiger partial charge on any atom is -0.409 e. The number of hydrogen-bond acceptors (Lipinski definition) is 1. The van der Waals surface area contributed by atoms with Gasteiger partial charge in [0.15, 0.2) is 8.32 Å². The van der Waals surface area contributed by atoms with Gasteiger partial charge in [0.25, 0.3) is 0 Å². The normalized spacial score (nSPS) is 33.5. The second-order valence-electron chi connectivity index (χ2n) is 5.77. The van der Waals surface area contributed by atoms with Gasteiger partial charge in [0.1, 0.15) is 0 Å². The summed E-state index contributed by atoms with van der Waals surface area (Å²) in [6, 6.07) is 0. The van der Waals surface area contributed by atoms with Crippen molar-refractivity contribution in [2.45, 2.75) is 57.8 Å². The van der Waals surface area contributed by atoms with Crippen molar-refractivity contribution >= 4 is 30.9 Å². The van der Waals surface area contributed by atoms with Crippen molar-refractivity contribution in [2.24, 2.45) is 5.92 Å². The fourth-order valence-corrected chi connectivity index (χ4v) is 4.67. The van der Waals surface area contributed by atoms with Gasteiger partial charge in [0, 0.05) is 0 Å². The molecule has 1 aliphatic rings. The predicted octanol–water partition coefficient (Wildman–Crippen LogP) is 4.74. The van der Waals surface area contributed by atoms with Crippen molar-refractivity contribution in [2.75, 3.05) is 0 Å². The zero-order valence-electron chi connectivity index (χ0n) is 10.3. The molecule has 88 valence electrons. The summed E-state index contributed by atoms with van der Waals surface area (Å²) >= 11 is 2.31. The largest absolute Gasteiger partial charge is 0.409 e. The van der Waals surface area contributed by atoms with Crippen molar-refractivity contribution in [3.05, 3.63) is 10.2 Å². The molecule has 0 amide bonds. The highest BCUT2D eigenvalue weighted by Gasteiger charge is 2.37. The zero-order chi connectivity index (χ0) is 11.5. The van der Waals surface area contributed by atoms with Gasteiger partial charge >= 0.3 is 0 Å². The third-order valence-electron chi connectivity index (χ3n) is 2.87. The average Bonchev–Trinajstić information content (AvgIpc) is 1.99. The Balaban J connectivity index is 2.78. The van der Waals surface area contributed by atoms with Crippen molar-refractivity contribution < 1.29 is 4.43 Å². The lowest BCUT2D eigenvalue weighted by Gasteiger charge is -2.42. The van der Waals surface area contributed by atoms with E-state index in [1.54, 1.807) is 0 Å². The van der Waals surface area contributed by atoms with Crippen LogP contribution in [0.2, 0.25) is 19.6 Å². The van der Waals surface area contributed by atoms with Crippen LogP contribution in [0.4, 0.5) is 0 Å². The first kappa shape index (κ1) is 13.7. The maximum absolute atomic E-state index is 6.42. The van der Waals surface area contributed by atoms with E-state index in [-0.39, 0.29) is 5.60 Å². The Morgan fingerprint density at radius 1 is 1.40 bits per heavy atom. The summed E-state index contributed by atoms with van der Waals surface area (Å²) in [6.07, 6.45) is 7.39. The zero-order valence-corrected chi connectivity index (χ0v) is 13.5. The molecule has 0 spiro atoms. The minimum absolute atomic E-state index is 0.0589. The summed E-state index contributed by atoms with van der Waals surface area (Å²) in [7, 11) is -1.44. The van der Waals surface area contributed by atoms with Gasteiger partial charge in [0.05, 0.1) is 5.60 Å². The summed E-state index contributed by atoms with van der Waals surface area (Å²) in [5, 5.41) is 0. The van der Waals surface area contributed by atoms with Crippen LogP contribution >= 0.6 is 22.6 Å². The molecule has 0 aromatic heterocycles. The van der Waals surface area contributed by atoms with Crippen LogP contribution in [0.5, 0.6) is 0 Å². The molecule has 1 rings (SSSR count). The molecule has 0 radical (unpaired) electrons. The molecule has 1 aliphatic carbocycles. The SMILES string of the molecule is CC1CCCC(/C=C/I)(O[Si](C)(C)C)C1. The number of hydrogen-bond donors (Lipinski definition) is 0. The van der Waals surface area contributed by atoms with E-state index in [9.17, 15) is 0 Å². The Hall–Kier alpha value is 0.647.